The Balaban J connectivity index is 0.00000462. The molecule has 41 heavy (non-hydrogen) atoms. The monoisotopic (exact) mass is 708 g/mol. The van der Waals surface area contributed by atoms with Gasteiger partial charge in [-0.3, -0.25) is 0 Å². The van der Waals surface area contributed by atoms with Gasteiger partial charge in [0.05, 0.1) is 30.6 Å². The van der Waals surface area contributed by atoms with E-state index >= 15 is 0 Å². The van der Waals surface area contributed by atoms with Crippen LogP contribution < -0.4 is 33.2 Å². The molecule has 3 aromatic rings. The summed E-state index contributed by atoms with van der Waals surface area (Å²) in [7, 11) is 4.31. The zero-order chi connectivity index (χ0) is 28.9. The van der Waals surface area contributed by atoms with Crippen LogP contribution in [0.5, 0.6) is 5.75 Å². The molecule has 1 amide bonds. The molecular formula is C34H43Cl2IN2O2. The number of piperidine rings is 1. The normalized spacial score (nSPS) is 21.4. The quantitative estimate of drug-likeness (QED) is 0.209. The summed E-state index contributed by atoms with van der Waals surface area (Å²) < 4.78 is 6.11. The van der Waals surface area contributed by atoms with Crippen LogP contribution in [0.15, 0.2) is 72.8 Å². The number of rotatable bonds is 10. The summed E-state index contributed by atoms with van der Waals surface area (Å²) in [5, 5.41) is 1.13. The van der Waals surface area contributed by atoms with Gasteiger partial charge in [0.15, 0.2) is 0 Å². The molecule has 1 aliphatic heterocycles. The first-order chi connectivity index (χ1) is 19.2. The van der Waals surface area contributed by atoms with Crippen LogP contribution in [-0.2, 0) is 11.2 Å². The number of quaternary nitrogens is 1. The standard InChI is InChI=1S/C34H43Cl2N2O2.HI/c1-6-12-33(38(5,25(3)39)28-15-11-16-29(22-28)40-7-2)34(23-26-13-9-8-10-14-26)19-20-37(4)24-30(34)27-17-18-31(35)32(36)21-27;/h8-11,13-18,21-22,30,33H,6-7,12,19-20,23-24H2,1-5H3;1H/q+1;/p-1. The average molecular weight is 710 g/mol. The van der Waals surface area contributed by atoms with E-state index in [2.05, 4.69) is 74.4 Å². The molecule has 4 unspecified atom stereocenters. The summed E-state index contributed by atoms with van der Waals surface area (Å²) in [4.78, 5) is 16.4. The summed E-state index contributed by atoms with van der Waals surface area (Å²) in [5.41, 5.74) is 3.20. The third-order valence-corrected chi connectivity index (χ3v) is 9.78. The fourth-order valence-electron chi connectivity index (χ4n) is 6.97. The smallest absolute Gasteiger partial charge is 0.315 e. The lowest BCUT2D eigenvalue weighted by atomic mass is 9.58. The van der Waals surface area contributed by atoms with Crippen molar-refractivity contribution in [3.05, 3.63) is 94.0 Å². The predicted octanol–water partition coefficient (Wildman–Crippen LogP) is 5.40. The molecule has 1 heterocycles. The molecule has 0 aromatic heterocycles. The SMILES string of the molecule is CCCC(C1(Cc2ccccc2)CCN(C)CC1c1ccc(Cl)c(Cl)c1)[N+](C)(C(C)=O)c1cccc(OCC)c1.[I-]. The summed E-state index contributed by atoms with van der Waals surface area (Å²) in [6.45, 7) is 8.38. The second kappa shape index (κ2) is 14.7. The Kier molecular flexibility index (Phi) is 12.1. The Morgan fingerprint density at radius 2 is 1.78 bits per heavy atom. The van der Waals surface area contributed by atoms with E-state index in [9.17, 15) is 4.79 Å². The van der Waals surface area contributed by atoms with Crippen LogP contribution in [0.2, 0.25) is 10.0 Å². The molecule has 7 heteroatoms. The lowest BCUT2D eigenvalue weighted by Crippen LogP contribution is -3.00. The number of hydrogen-bond acceptors (Lipinski definition) is 3. The number of halogens is 3. The number of likely N-dealkylation sites (tertiary alicyclic amines) is 1. The Hall–Kier alpha value is -1.64. The summed E-state index contributed by atoms with van der Waals surface area (Å²) >= 11 is 13.0. The van der Waals surface area contributed by atoms with E-state index in [0.717, 1.165) is 50.2 Å². The van der Waals surface area contributed by atoms with Gasteiger partial charge in [-0.25, -0.2) is 9.28 Å². The third kappa shape index (κ3) is 7.13. The minimum Gasteiger partial charge on any atom is -1.00 e. The Morgan fingerprint density at radius 1 is 1.05 bits per heavy atom. The molecule has 1 saturated heterocycles. The van der Waals surface area contributed by atoms with E-state index in [4.69, 9.17) is 27.9 Å². The number of ether oxygens (including phenoxy) is 1. The van der Waals surface area contributed by atoms with Crippen LogP contribution in [-0.4, -0.2) is 50.6 Å². The number of amides is 1. The first-order valence-corrected chi connectivity index (χ1v) is 15.2. The molecule has 0 aliphatic carbocycles. The second-order valence-electron chi connectivity index (χ2n) is 11.5. The average Bonchev–Trinajstić information content (AvgIpc) is 2.95. The lowest BCUT2D eigenvalue weighted by Gasteiger charge is -2.55. The summed E-state index contributed by atoms with van der Waals surface area (Å²) in [5.74, 6) is 1.07. The maximum Gasteiger partial charge on any atom is 0.315 e. The highest BCUT2D eigenvalue weighted by molar-refractivity contribution is 6.42. The second-order valence-corrected chi connectivity index (χ2v) is 12.3. The van der Waals surface area contributed by atoms with Gasteiger partial charge >= 0.3 is 5.91 Å². The van der Waals surface area contributed by atoms with Crippen LogP contribution in [0.4, 0.5) is 5.69 Å². The van der Waals surface area contributed by atoms with Gasteiger partial charge in [0.2, 0.25) is 0 Å². The van der Waals surface area contributed by atoms with E-state index in [1.807, 2.05) is 31.2 Å². The molecule has 0 N–H and O–H groups in total. The van der Waals surface area contributed by atoms with Crippen LogP contribution in [0, 0.1) is 5.41 Å². The lowest BCUT2D eigenvalue weighted by molar-refractivity contribution is -0.133. The van der Waals surface area contributed by atoms with Crippen molar-refractivity contribution in [2.24, 2.45) is 5.41 Å². The van der Waals surface area contributed by atoms with Gasteiger partial charge in [-0.2, -0.15) is 0 Å². The molecule has 1 fully saturated rings. The van der Waals surface area contributed by atoms with Gasteiger partial charge in [0.25, 0.3) is 0 Å². The van der Waals surface area contributed by atoms with Gasteiger partial charge in [0, 0.05) is 30.4 Å². The fourth-order valence-corrected chi connectivity index (χ4v) is 7.28. The van der Waals surface area contributed by atoms with Gasteiger partial charge in [-0.15, -0.1) is 0 Å². The van der Waals surface area contributed by atoms with E-state index in [0.29, 0.717) is 16.7 Å². The van der Waals surface area contributed by atoms with Crippen molar-refractivity contribution >= 4 is 34.8 Å². The highest BCUT2D eigenvalue weighted by Crippen LogP contribution is 2.53. The molecule has 3 aromatic carbocycles. The van der Waals surface area contributed by atoms with E-state index in [-0.39, 0.29) is 51.7 Å². The minimum absolute atomic E-state index is 0. The van der Waals surface area contributed by atoms with Crippen LogP contribution in [0.25, 0.3) is 0 Å². The van der Waals surface area contributed by atoms with Crippen molar-refractivity contribution in [3.63, 3.8) is 0 Å². The number of likely N-dealkylation sites (N-methyl/N-ethyl adjacent to an activating group) is 1. The molecule has 0 bridgehead atoms. The van der Waals surface area contributed by atoms with E-state index < -0.39 is 0 Å². The molecule has 0 spiro atoms. The van der Waals surface area contributed by atoms with E-state index in [1.165, 1.54) is 11.1 Å². The minimum atomic E-state index is -0.233. The van der Waals surface area contributed by atoms with Crippen molar-refractivity contribution < 1.29 is 33.5 Å². The molecule has 222 valence electrons. The first-order valence-electron chi connectivity index (χ1n) is 14.4. The van der Waals surface area contributed by atoms with Gasteiger partial charge in [-0.1, -0.05) is 79.0 Å². The number of carbonyl (C=O) groups excluding carboxylic acids is 1. The maximum absolute atomic E-state index is 14.0. The molecule has 4 atom stereocenters. The third-order valence-electron chi connectivity index (χ3n) is 9.04. The Labute approximate surface area is 273 Å². The summed E-state index contributed by atoms with van der Waals surface area (Å²) in [6, 6.07) is 25.0. The first kappa shape index (κ1) is 33.9. The summed E-state index contributed by atoms with van der Waals surface area (Å²) in [6.07, 6.45) is 3.70. The van der Waals surface area contributed by atoms with Crippen molar-refractivity contribution in [1.29, 1.82) is 0 Å². The van der Waals surface area contributed by atoms with Gasteiger partial charge < -0.3 is 33.6 Å². The van der Waals surface area contributed by atoms with Crippen molar-refractivity contribution in [2.75, 3.05) is 33.8 Å². The topological polar surface area (TPSA) is 29.5 Å². The predicted molar refractivity (Wildman–Crippen MR) is 169 cm³/mol. The number of nitrogens with zero attached hydrogens (tertiary/aromatic N) is 2. The molecule has 4 nitrogen and oxygen atoms in total. The fraction of sp³-hybridized carbons (Fsp3) is 0.441. The van der Waals surface area contributed by atoms with Crippen LogP contribution >= 0.6 is 23.2 Å². The Bertz CT molecular complexity index is 1310. The number of benzene rings is 3. The molecule has 0 saturated carbocycles. The number of carbonyl (C=O) groups is 1. The van der Waals surface area contributed by atoms with Crippen molar-refractivity contribution in [1.82, 2.24) is 9.38 Å². The molecule has 0 radical (unpaired) electrons. The van der Waals surface area contributed by atoms with Crippen LogP contribution in [0.3, 0.4) is 0 Å². The Morgan fingerprint density at radius 3 is 2.41 bits per heavy atom. The highest BCUT2D eigenvalue weighted by atomic mass is 127. The van der Waals surface area contributed by atoms with Gasteiger partial charge in [0.1, 0.15) is 17.5 Å². The highest BCUT2D eigenvalue weighted by Gasteiger charge is 2.57. The molecule has 1 aliphatic rings. The van der Waals surface area contributed by atoms with Crippen molar-refractivity contribution in [3.8, 4) is 5.75 Å². The molecule has 4 rings (SSSR count). The number of hydrogen-bond donors (Lipinski definition) is 0. The zero-order valence-corrected chi connectivity index (χ0v) is 28.5. The van der Waals surface area contributed by atoms with Gasteiger partial charge in [-0.05, 0) is 68.8 Å². The van der Waals surface area contributed by atoms with Crippen molar-refractivity contribution in [2.45, 2.75) is 58.4 Å². The van der Waals surface area contributed by atoms with E-state index in [1.54, 1.807) is 6.92 Å². The maximum atomic E-state index is 14.0. The zero-order valence-electron chi connectivity index (χ0n) is 24.9. The van der Waals surface area contributed by atoms with Crippen LogP contribution in [0.1, 0.15) is 57.1 Å². The largest absolute Gasteiger partial charge is 1.00 e. The molecular weight excluding hydrogens is 666 g/mol.